The summed E-state index contributed by atoms with van der Waals surface area (Å²) in [6.45, 7) is 7.00. The second-order valence-corrected chi connectivity index (χ2v) is 7.17. The van der Waals surface area contributed by atoms with E-state index >= 15 is 0 Å². The van der Waals surface area contributed by atoms with E-state index in [0.29, 0.717) is 5.41 Å². The lowest BCUT2D eigenvalue weighted by molar-refractivity contribution is 0.371. The van der Waals surface area contributed by atoms with Crippen molar-refractivity contribution in [1.29, 1.82) is 0 Å². The van der Waals surface area contributed by atoms with Crippen molar-refractivity contribution in [1.82, 2.24) is 0 Å². The molecule has 0 saturated heterocycles. The lowest BCUT2D eigenvalue weighted by atomic mass is 9.66. The van der Waals surface area contributed by atoms with Crippen LogP contribution in [-0.2, 0) is 6.42 Å². The summed E-state index contributed by atoms with van der Waals surface area (Å²) in [5.41, 5.74) is 8.00. The first-order valence-electron chi connectivity index (χ1n) is 8.56. The molecule has 0 N–H and O–H groups in total. The molecule has 0 radical (unpaired) electrons. The van der Waals surface area contributed by atoms with Crippen molar-refractivity contribution in [2.45, 2.75) is 46.5 Å². The topological polar surface area (TPSA) is 0 Å². The molecule has 112 valence electrons. The van der Waals surface area contributed by atoms with E-state index in [4.69, 9.17) is 0 Å². The first-order valence-corrected chi connectivity index (χ1v) is 8.56. The zero-order chi connectivity index (χ0) is 15.3. The summed E-state index contributed by atoms with van der Waals surface area (Å²) in [6.07, 6.45) is 9.62. The second kappa shape index (κ2) is 4.84. The van der Waals surface area contributed by atoms with E-state index in [1.165, 1.54) is 53.2 Å². The number of rotatable bonds is 1. The molecule has 2 aliphatic carbocycles. The SMILES string of the molecule is CCC1(C)CC=CC2=C1CCc1c2ccc2c(C)cccc12. The van der Waals surface area contributed by atoms with Gasteiger partial charge in [0.2, 0.25) is 0 Å². The third-order valence-electron chi connectivity index (χ3n) is 5.99. The molecule has 0 fully saturated rings. The summed E-state index contributed by atoms with van der Waals surface area (Å²) < 4.78 is 0. The van der Waals surface area contributed by atoms with Gasteiger partial charge in [-0.1, -0.05) is 61.9 Å². The lowest BCUT2D eigenvalue weighted by Gasteiger charge is -2.38. The molecule has 0 aliphatic heterocycles. The van der Waals surface area contributed by atoms with Gasteiger partial charge in [0.1, 0.15) is 0 Å². The fourth-order valence-electron chi connectivity index (χ4n) is 4.38. The van der Waals surface area contributed by atoms with Crippen LogP contribution in [0.4, 0.5) is 0 Å². The summed E-state index contributed by atoms with van der Waals surface area (Å²) in [7, 11) is 0. The van der Waals surface area contributed by atoms with E-state index in [-0.39, 0.29) is 0 Å². The molecule has 0 heteroatoms. The number of aryl methyl sites for hydroxylation is 2. The minimum atomic E-state index is 0.364. The van der Waals surface area contributed by atoms with Crippen molar-refractivity contribution in [3.63, 3.8) is 0 Å². The van der Waals surface area contributed by atoms with Crippen LogP contribution in [0.2, 0.25) is 0 Å². The molecule has 0 aromatic heterocycles. The van der Waals surface area contributed by atoms with E-state index in [1.54, 1.807) is 11.1 Å². The summed E-state index contributed by atoms with van der Waals surface area (Å²) in [6, 6.07) is 11.4. The van der Waals surface area contributed by atoms with Crippen molar-refractivity contribution >= 4 is 16.3 Å². The number of hydrogen-bond donors (Lipinski definition) is 0. The molecule has 0 nitrogen and oxygen atoms in total. The standard InChI is InChI=1S/C22H24/c1-4-22(3)14-6-9-20-19-11-10-16-15(2)7-5-8-17(16)18(19)12-13-21(20)22/h5-11H,4,12-14H2,1-3H3. The Bertz CT molecular complexity index is 819. The second-order valence-electron chi connectivity index (χ2n) is 7.17. The first kappa shape index (κ1) is 13.8. The highest BCUT2D eigenvalue weighted by atomic mass is 14.4. The van der Waals surface area contributed by atoms with Gasteiger partial charge in [0.05, 0.1) is 0 Å². The Labute approximate surface area is 133 Å². The zero-order valence-electron chi connectivity index (χ0n) is 13.9. The molecule has 22 heavy (non-hydrogen) atoms. The summed E-state index contributed by atoms with van der Waals surface area (Å²) in [5, 5.41) is 2.88. The Morgan fingerprint density at radius 1 is 1.05 bits per heavy atom. The molecule has 0 amide bonds. The molecule has 4 rings (SSSR count). The van der Waals surface area contributed by atoms with Crippen LogP contribution in [0.25, 0.3) is 16.3 Å². The van der Waals surface area contributed by atoms with Crippen LogP contribution in [-0.4, -0.2) is 0 Å². The van der Waals surface area contributed by atoms with Gasteiger partial charge in [-0.15, -0.1) is 0 Å². The Morgan fingerprint density at radius 2 is 1.91 bits per heavy atom. The van der Waals surface area contributed by atoms with Gasteiger partial charge in [0.25, 0.3) is 0 Å². The Balaban J connectivity index is 1.99. The van der Waals surface area contributed by atoms with Gasteiger partial charge in [0, 0.05) is 0 Å². The molecule has 0 heterocycles. The van der Waals surface area contributed by atoms with E-state index < -0.39 is 0 Å². The van der Waals surface area contributed by atoms with E-state index in [0.717, 1.165) is 0 Å². The predicted molar refractivity (Wildman–Crippen MR) is 96.1 cm³/mol. The van der Waals surface area contributed by atoms with Gasteiger partial charge < -0.3 is 0 Å². The fourth-order valence-corrected chi connectivity index (χ4v) is 4.38. The monoisotopic (exact) mass is 288 g/mol. The summed E-state index contributed by atoms with van der Waals surface area (Å²) in [5.74, 6) is 0. The Kier molecular flexibility index (Phi) is 3.04. The zero-order valence-corrected chi connectivity index (χ0v) is 13.9. The van der Waals surface area contributed by atoms with Crippen molar-refractivity contribution in [2.75, 3.05) is 0 Å². The molecule has 1 atom stereocenters. The quantitative estimate of drug-likeness (QED) is 0.584. The summed E-state index contributed by atoms with van der Waals surface area (Å²) in [4.78, 5) is 0. The molecule has 2 aromatic rings. The van der Waals surface area contributed by atoms with E-state index in [1.807, 2.05) is 0 Å². The molecular formula is C22H24. The lowest BCUT2D eigenvalue weighted by Crippen LogP contribution is -2.24. The average molecular weight is 288 g/mol. The maximum absolute atomic E-state index is 2.45. The average Bonchev–Trinajstić information content (AvgIpc) is 2.55. The minimum Gasteiger partial charge on any atom is -0.0831 e. The number of fused-ring (bicyclic) bond motifs is 4. The van der Waals surface area contributed by atoms with Crippen LogP contribution >= 0.6 is 0 Å². The van der Waals surface area contributed by atoms with Gasteiger partial charge in [-0.2, -0.15) is 0 Å². The van der Waals surface area contributed by atoms with Crippen LogP contribution < -0.4 is 0 Å². The van der Waals surface area contributed by atoms with E-state index in [2.05, 4.69) is 63.3 Å². The predicted octanol–water partition coefficient (Wildman–Crippen LogP) is 6.22. The maximum Gasteiger partial charge on any atom is -0.00751 e. The molecular weight excluding hydrogens is 264 g/mol. The molecule has 0 spiro atoms. The highest BCUT2D eigenvalue weighted by Gasteiger charge is 2.33. The molecule has 2 aliphatic rings. The molecule has 0 saturated carbocycles. The van der Waals surface area contributed by atoms with Crippen LogP contribution in [0.15, 0.2) is 48.1 Å². The van der Waals surface area contributed by atoms with Gasteiger partial charge in [-0.3, -0.25) is 0 Å². The summed E-state index contributed by atoms with van der Waals surface area (Å²) >= 11 is 0. The number of hydrogen-bond acceptors (Lipinski definition) is 0. The van der Waals surface area contributed by atoms with Crippen LogP contribution in [0.3, 0.4) is 0 Å². The van der Waals surface area contributed by atoms with Gasteiger partial charge in [0.15, 0.2) is 0 Å². The van der Waals surface area contributed by atoms with E-state index in [9.17, 15) is 0 Å². The largest absolute Gasteiger partial charge is 0.0831 e. The Hall–Kier alpha value is -1.82. The third-order valence-corrected chi connectivity index (χ3v) is 5.99. The van der Waals surface area contributed by atoms with Crippen molar-refractivity contribution in [3.05, 3.63) is 64.7 Å². The number of benzene rings is 2. The fraction of sp³-hybridized carbons (Fsp3) is 0.364. The van der Waals surface area contributed by atoms with Crippen molar-refractivity contribution in [3.8, 4) is 0 Å². The van der Waals surface area contributed by atoms with Crippen molar-refractivity contribution < 1.29 is 0 Å². The molecule has 0 bridgehead atoms. The van der Waals surface area contributed by atoms with Gasteiger partial charge in [-0.05, 0) is 71.1 Å². The molecule has 2 aromatic carbocycles. The van der Waals surface area contributed by atoms with Gasteiger partial charge in [-0.25, -0.2) is 0 Å². The maximum atomic E-state index is 2.45. The van der Waals surface area contributed by atoms with Crippen LogP contribution in [0, 0.1) is 12.3 Å². The first-order chi connectivity index (χ1) is 10.6. The smallest absolute Gasteiger partial charge is 0.00751 e. The molecule has 1 unspecified atom stereocenters. The third kappa shape index (κ3) is 1.83. The number of allylic oxidation sites excluding steroid dienone is 4. The van der Waals surface area contributed by atoms with Crippen molar-refractivity contribution in [2.24, 2.45) is 5.41 Å². The normalized spacial score (nSPS) is 23.6. The van der Waals surface area contributed by atoms with Gasteiger partial charge >= 0.3 is 0 Å². The highest BCUT2D eigenvalue weighted by Crippen LogP contribution is 2.49. The Morgan fingerprint density at radius 3 is 2.73 bits per heavy atom. The highest BCUT2D eigenvalue weighted by molar-refractivity contribution is 5.95. The minimum absolute atomic E-state index is 0.364. The van der Waals surface area contributed by atoms with Crippen LogP contribution in [0.5, 0.6) is 0 Å². The van der Waals surface area contributed by atoms with Crippen LogP contribution in [0.1, 0.15) is 49.8 Å².